The fourth-order valence-corrected chi connectivity index (χ4v) is 3.03. The first kappa shape index (κ1) is 16.1. The smallest absolute Gasteiger partial charge is 0.391 e. The van der Waals surface area contributed by atoms with E-state index >= 15 is 0 Å². The molecule has 1 atom stereocenters. The molecule has 0 saturated heterocycles. The first-order valence-corrected chi connectivity index (χ1v) is 7.40. The van der Waals surface area contributed by atoms with Gasteiger partial charge in [-0.1, -0.05) is 18.2 Å². The van der Waals surface area contributed by atoms with Gasteiger partial charge in [-0.15, -0.1) is 0 Å². The summed E-state index contributed by atoms with van der Waals surface area (Å²) in [4.78, 5) is 0. The molecule has 0 radical (unpaired) electrons. The van der Waals surface area contributed by atoms with E-state index in [2.05, 4.69) is 0 Å². The highest BCUT2D eigenvalue weighted by molar-refractivity contribution is 5.35. The maximum Gasteiger partial charge on any atom is 0.391 e. The molecule has 1 unspecified atom stereocenters. The molecular formula is C16H21F3O2. The summed E-state index contributed by atoms with van der Waals surface area (Å²) in [5.41, 5.74) is 0.676. The lowest BCUT2D eigenvalue weighted by Gasteiger charge is -2.33. The number of hydrogen-bond donors (Lipinski definition) is 1. The van der Waals surface area contributed by atoms with Gasteiger partial charge in [0.1, 0.15) is 5.75 Å². The monoisotopic (exact) mass is 302 g/mol. The minimum absolute atomic E-state index is 0.0992. The predicted molar refractivity (Wildman–Crippen MR) is 74.1 cm³/mol. The molecule has 0 aliphatic heterocycles. The molecule has 0 spiro atoms. The number of para-hydroxylation sites is 1. The van der Waals surface area contributed by atoms with E-state index in [0.29, 0.717) is 30.8 Å². The van der Waals surface area contributed by atoms with Gasteiger partial charge < -0.3 is 9.84 Å². The molecule has 0 bridgehead atoms. The Morgan fingerprint density at radius 2 is 1.81 bits per heavy atom. The summed E-state index contributed by atoms with van der Waals surface area (Å²) in [5.74, 6) is -0.737. The molecule has 2 nitrogen and oxygen atoms in total. The molecule has 0 aromatic heterocycles. The van der Waals surface area contributed by atoms with Crippen molar-refractivity contribution in [3.8, 4) is 5.75 Å². The highest BCUT2D eigenvalue weighted by Crippen LogP contribution is 2.44. The second-order valence-corrected chi connectivity index (χ2v) is 5.57. The van der Waals surface area contributed by atoms with Crippen LogP contribution in [-0.2, 0) is 0 Å². The quantitative estimate of drug-likeness (QED) is 0.888. The average Bonchev–Trinajstić information content (AvgIpc) is 2.47. The van der Waals surface area contributed by atoms with Gasteiger partial charge in [-0.05, 0) is 44.6 Å². The van der Waals surface area contributed by atoms with Crippen LogP contribution < -0.4 is 4.74 Å². The highest BCUT2D eigenvalue weighted by Gasteiger charge is 2.42. The van der Waals surface area contributed by atoms with Crippen molar-refractivity contribution in [1.29, 1.82) is 0 Å². The van der Waals surface area contributed by atoms with Crippen LogP contribution >= 0.6 is 0 Å². The predicted octanol–water partition coefficient (Wildman–Crippen LogP) is 4.49. The molecule has 0 amide bonds. The molecule has 2 rings (SSSR count). The van der Waals surface area contributed by atoms with E-state index in [-0.39, 0.29) is 18.8 Å². The van der Waals surface area contributed by atoms with E-state index < -0.39 is 18.2 Å². The van der Waals surface area contributed by atoms with E-state index in [4.69, 9.17) is 4.74 Å². The van der Waals surface area contributed by atoms with Gasteiger partial charge in [-0.2, -0.15) is 13.2 Å². The fourth-order valence-electron chi connectivity index (χ4n) is 3.03. The van der Waals surface area contributed by atoms with Crippen LogP contribution in [0, 0.1) is 11.8 Å². The average molecular weight is 302 g/mol. The molecule has 1 N–H and O–H groups in total. The van der Waals surface area contributed by atoms with Gasteiger partial charge in [0.25, 0.3) is 0 Å². The lowest BCUT2D eigenvalue weighted by molar-refractivity contribution is -0.185. The molecule has 1 aromatic rings. The Morgan fingerprint density at radius 1 is 1.19 bits per heavy atom. The molecular weight excluding hydrogens is 281 g/mol. The van der Waals surface area contributed by atoms with E-state index in [9.17, 15) is 18.3 Å². The molecule has 1 fully saturated rings. The summed E-state index contributed by atoms with van der Waals surface area (Å²) in [6.45, 7) is 2.35. The SMILES string of the molecule is CCOc1ccccc1C(O)C1CCC(C(F)(F)F)CC1. The van der Waals surface area contributed by atoms with Gasteiger partial charge in [0.15, 0.2) is 0 Å². The van der Waals surface area contributed by atoms with Crippen molar-refractivity contribution in [2.24, 2.45) is 11.8 Å². The number of rotatable bonds is 4. The first-order chi connectivity index (χ1) is 9.93. The van der Waals surface area contributed by atoms with Gasteiger partial charge in [0.05, 0.1) is 18.6 Å². The van der Waals surface area contributed by atoms with E-state index in [1.165, 1.54) is 0 Å². The number of halogens is 3. The zero-order valence-corrected chi connectivity index (χ0v) is 12.1. The van der Waals surface area contributed by atoms with E-state index in [0.717, 1.165) is 0 Å². The Balaban J connectivity index is 2.04. The van der Waals surface area contributed by atoms with Crippen LogP contribution in [0.2, 0.25) is 0 Å². The minimum Gasteiger partial charge on any atom is -0.493 e. The van der Waals surface area contributed by atoms with Gasteiger partial charge in [-0.25, -0.2) is 0 Å². The molecule has 21 heavy (non-hydrogen) atoms. The lowest BCUT2D eigenvalue weighted by atomic mass is 9.77. The lowest BCUT2D eigenvalue weighted by Crippen LogP contribution is -2.29. The summed E-state index contributed by atoms with van der Waals surface area (Å²) in [7, 11) is 0. The molecule has 5 heteroatoms. The van der Waals surface area contributed by atoms with Gasteiger partial charge in [0, 0.05) is 5.56 Å². The van der Waals surface area contributed by atoms with Crippen molar-refractivity contribution in [3.63, 3.8) is 0 Å². The van der Waals surface area contributed by atoms with Crippen LogP contribution in [-0.4, -0.2) is 17.9 Å². The van der Waals surface area contributed by atoms with Crippen molar-refractivity contribution in [3.05, 3.63) is 29.8 Å². The summed E-state index contributed by atoms with van der Waals surface area (Å²) in [6.07, 6.45) is -3.89. The standard InChI is InChI=1S/C16H21F3O2/c1-2-21-14-6-4-3-5-13(14)15(20)11-7-9-12(10-8-11)16(17,18)19/h3-6,11-12,15,20H,2,7-10H2,1H3. The number of alkyl halides is 3. The summed E-state index contributed by atoms with van der Waals surface area (Å²) >= 11 is 0. The normalized spacial score (nSPS) is 24.6. The highest BCUT2D eigenvalue weighted by atomic mass is 19.4. The van der Waals surface area contributed by atoms with Crippen LogP contribution in [0.4, 0.5) is 13.2 Å². The topological polar surface area (TPSA) is 29.5 Å². The molecule has 1 aromatic carbocycles. The Hall–Kier alpha value is -1.23. The maximum atomic E-state index is 12.7. The number of aliphatic hydroxyl groups is 1. The largest absolute Gasteiger partial charge is 0.493 e. The molecule has 1 aliphatic rings. The summed E-state index contributed by atoms with van der Waals surface area (Å²) < 4.78 is 43.5. The third kappa shape index (κ3) is 3.90. The van der Waals surface area contributed by atoms with Crippen molar-refractivity contribution >= 4 is 0 Å². The second-order valence-electron chi connectivity index (χ2n) is 5.57. The number of ether oxygens (including phenoxy) is 1. The number of benzene rings is 1. The van der Waals surface area contributed by atoms with Crippen molar-refractivity contribution < 1.29 is 23.0 Å². The Bertz CT molecular complexity index is 451. The molecule has 1 saturated carbocycles. The van der Waals surface area contributed by atoms with E-state index in [1.807, 2.05) is 19.1 Å². The third-order valence-corrected chi connectivity index (χ3v) is 4.22. The molecule has 1 aliphatic carbocycles. The third-order valence-electron chi connectivity index (χ3n) is 4.22. The van der Waals surface area contributed by atoms with Crippen LogP contribution in [0.1, 0.15) is 44.3 Å². The van der Waals surface area contributed by atoms with Crippen LogP contribution in [0.15, 0.2) is 24.3 Å². The Labute approximate surface area is 122 Å². The van der Waals surface area contributed by atoms with Crippen LogP contribution in [0.5, 0.6) is 5.75 Å². The van der Waals surface area contributed by atoms with Crippen LogP contribution in [0.3, 0.4) is 0 Å². The van der Waals surface area contributed by atoms with Gasteiger partial charge in [-0.3, -0.25) is 0 Å². The van der Waals surface area contributed by atoms with Crippen LogP contribution in [0.25, 0.3) is 0 Å². The number of aliphatic hydroxyl groups excluding tert-OH is 1. The van der Waals surface area contributed by atoms with E-state index in [1.54, 1.807) is 12.1 Å². The van der Waals surface area contributed by atoms with Gasteiger partial charge >= 0.3 is 6.18 Å². The zero-order chi connectivity index (χ0) is 15.5. The zero-order valence-electron chi connectivity index (χ0n) is 12.1. The Morgan fingerprint density at radius 3 is 2.38 bits per heavy atom. The first-order valence-electron chi connectivity index (χ1n) is 7.40. The maximum absolute atomic E-state index is 12.7. The minimum atomic E-state index is -4.11. The Kier molecular flexibility index (Phi) is 5.14. The second kappa shape index (κ2) is 6.69. The summed E-state index contributed by atoms with van der Waals surface area (Å²) in [5, 5.41) is 10.5. The fraction of sp³-hybridized carbons (Fsp3) is 0.625. The van der Waals surface area contributed by atoms with Gasteiger partial charge in [0.2, 0.25) is 0 Å². The van der Waals surface area contributed by atoms with Crippen molar-refractivity contribution in [2.45, 2.75) is 44.9 Å². The molecule has 0 heterocycles. The van der Waals surface area contributed by atoms with Crippen molar-refractivity contribution in [1.82, 2.24) is 0 Å². The number of hydrogen-bond acceptors (Lipinski definition) is 2. The van der Waals surface area contributed by atoms with Crippen molar-refractivity contribution in [2.75, 3.05) is 6.61 Å². The molecule has 118 valence electrons. The summed E-state index contributed by atoms with van der Waals surface area (Å²) in [6, 6.07) is 7.19.